The van der Waals surface area contributed by atoms with E-state index in [0.717, 1.165) is 21.8 Å². The van der Waals surface area contributed by atoms with E-state index in [1.54, 1.807) is 26.4 Å². The van der Waals surface area contributed by atoms with Crippen LogP contribution in [-0.2, 0) is 6.54 Å². The van der Waals surface area contributed by atoms with Crippen molar-refractivity contribution >= 4 is 22.9 Å². The van der Waals surface area contributed by atoms with E-state index in [9.17, 15) is 0 Å². The first-order valence-electron chi connectivity index (χ1n) is 8.37. The molecule has 9 heteroatoms. The Bertz CT molecular complexity index is 1090. The van der Waals surface area contributed by atoms with Gasteiger partial charge in [-0.2, -0.15) is 4.80 Å². The van der Waals surface area contributed by atoms with Crippen molar-refractivity contribution in [3.8, 4) is 33.5 Å². The molecule has 2 aromatic heterocycles. The maximum atomic E-state index is 5.92. The van der Waals surface area contributed by atoms with Gasteiger partial charge in [-0.25, -0.2) is 4.98 Å². The third kappa shape index (κ3) is 3.69. The minimum atomic E-state index is 0.420. The maximum Gasteiger partial charge on any atom is 0.204 e. The number of thiazole rings is 1. The third-order valence-electron chi connectivity index (χ3n) is 4.04. The van der Waals surface area contributed by atoms with Gasteiger partial charge >= 0.3 is 0 Å². The van der Waals surface area contributed by atoms with Gasteiger partial charge in [-0.05, 0) is 41.6 Å². The van der Waals surface area contributed by atoms with E-state index in [2.05, 4.69) is 15.4 Å². The summed E-state index contributed by atoms with van der Waals surface area (Å²) in [5.74, 6) is 1.87. The molecule has 142 valence electrons. The van der Waals surface area contributed by atoms with Gasteiger partial charge in [0.1, 0.15) is 11.6 Å². The molecule has 0 amide bonds. The Hall–Kier alpha value is -2.97. The van der Waals surface area contributed by atoms with Gasteiger partial charge in [0.25, 0.3) is 0 Å². The number of methoxy groups -OCH3 is 2. The summed E-state index contributed by atoms with van der Waals surface area (Å²) in [4.78, 5) is 6.21. The molecule has 0 fully saturated rings. The molecule has 4 rings (SSSR count). The molecule has 0 N–H and O–H groups in total. The Kier molecular flexibility index (Phi) is 5.23. The zero-order valence-electron chi connectivity index (χ0n) is 15.2. The lowest BCUT2D eigenvalue weighted by atomic mass is 10.2. The molecule has 0 radical (unpaired) electrons. The van der Waals surface area contributed by atoms with Gasteiger partial charge in [0, 0.05) is 16.0 Å². The van der Waals surface area contributed by atoms with Crippen molar-refractivity contribution in [2.45, 2.75) is 6.54 Å². The molecule has 2 heterocycles. The third-order valence-corrected chi connectivity index (χ3v) is 5.22. The number of benzene rings is 2. The highest BCUT2D eigenvalue weighted by molar-refractivity contribution is 7.13. The lowest BCUT2D eigenvalue weighted by Gasteiger charge is -2.10. The van der Waals surface area contributed by atoms with Crippen molar-refractivity contribution in [3.05, 3.63) is 58.6 Å². The number of rotatable bonds is 6. The SMILES string of the molecule is COc1cccc(-c2nc(Cn3nnc(-c4ccc(Cl)cc4)n3)cs2)c1OC. The molecular weight excluding hydrogens is 398 g/mol. The number of para-hydroxylation sites is 1. The van der Waals surface area contributed by atoms with Crippen LogP contribution in [-0.4, -0.2) is 39.4 Å². The quantitative estimate of drug-likeness (QED) is 0.472. The van der Waals surface area contributed by atoms with Gasteiger partial charge in [0.15, 0.2) is 11.5 Å². The first kappa shape index (κ1) is 18.4. The van der Waals surface area contributed by atoms with E-state index in [0.29, 0.717) is 28.9 Å². The molecule has 0 saturated heterocycles. The zero-order valence-corrected chi connectivity index (χ0v) is 16.7. The van der Waals surface area contributed by atoms with Gasteiger partial charge in [0.2, 0.25) is 5.82 Å². The van der Waals surface area contributed by atoms with Crippen molar-refractivity contribution in [2.75, 3.05) is 14.2 Å². The van der Waals surface area contributed by atoms with Crippen molar-refractivity contribution < 1.29 is 9.47 Å². The van der Waals surface area contributed by atoms with Crippen LogP contribution in [0.4, 0.5) is 0 Å². The van der Waals surface area contributed by atoms with Crippen LogP contribution < -0.4 is 9.47 Å². The average molecular weight is 414 g/mol. The highest BCUT2D eigenvalue weighted by Gasteiger charge is 2.15. The maximum absolute atomic E-state index is 5.92. The number of tetrazole rings is 1. The van der Waals surface area contributed by atoms with Crippen molar-refractivity contribution in [3.63, 3.8) is 0 Å². The first-order valence-corrected chi connectivity index (χ1v) is 9.63. The minimum Gasteiger partial charge on any atom is -0.493 e. The fraction of sp³-hybridized carbons (Fsp3) is 0.158. The van der Waals surface area contributed by atoms with Crippen LogP contribution in [0.2, 0.25) is 5.02 Å². The lowest BCUT2D eigenvalue weighted by Crippen LogP contribution is -2.04. The normalized spacial score (nSPS) is 10.8. The Labute approximate surface area is 170 Å². The van der Waals surface area contributed by atoms with E-state index < -0.39 is 0 Å². The molecule has 0 aliphatic rings. The summed E-state index contributed by atoms with van der Waals surface area (Å²) < 4.78 is 10.9. The van der Waals surface area contributed by atoms with Gasteiger partial charge in [-0.3, -0.25) is 0 Å². The predicted molar refractivity (Wildman–Crippen MR) is 108 cm³/mol. The van der Waals surface area contributed by atoms with Crippen molar-refractivity contribution in [1.82, 2.24) is 25.2 Å². The number of aromatic nitrogens is 5. The Morgan fingerprint density at radius 3 is 2.64 bits per heavy atom. The number of nitrogens with zero attached hydrogens (tertiary/aromatic N) is 5. The van der Waals surface area contributed by atoms with E-state index in [1.165, 1.54) is 16.1 Å². The van der Waals surface area contributed by atoms with Crippen LogP contribution in [0.15, 0.2) is 47.8 Å². The summed E-state index contributed by atoms with van der Waals surface area (Å²) in [5, 5.41) is 16.1. The number of hydrogen-bond donors (Lipinski definition) is 0. The fourth-order valence-electron chi connectivity index (χ4n) is 2.73. The van der Waals surface area contributed by atoms with Gasteiger partial charge in [-0.15, -0.1) is 21.5 Å². The van der Waals surface area contributed by atoms with E-state index in [4.69, 9.17) is 26.1 Å². The molecule has 0 aliphatic heterocycles. The highest BCUT2D eigenvalue weighted by atomic mass is 35.5. The first-order chi connectivity index (χ1) is 13.7. The predicted octanol–water partition coefficient (Wildman–Crippen LogP) is 4.18. The number of ether oxygens (including phenoxy) is 2. The van der Waals surface area contributed by atoms with Gasteiger partial charge < -0.3 is 9.47 Å². The van der Waals surface area contributed by atoms with Crippen LogP contribution in [0.5, 0.6) is 11.5 Å². The summed E-state index contributed by atoms with van der Waals surface area (Å²) in [6, 6.07) is 13.0. The number of hydrogen-bond acceptors (Lipinski definition) is 7. The largest absolute Gasteiger partial charge is 0.493 e. The van der Waals surface area contributed by atoms with Gasteiger partial charge in [0.05, 0.1) is 25.5 Å². The topological polar surface area (TPSA) is 75.0 Å². The van der Waals surface area contributed by atoms with Crippen LogP contribution in [0.1, 0.15) is 5.69 Å². The number of halogens is 1. The summed E-state index contributed by atoms with van der Waals surface area (Å²) in [5.41, 5.74) is 2.58. The van der Waals surface area contributed by atoms with Crippen LogP contribution in [0, 0.1) is 0 Å². The second-order valence-corrected chi connectivity index (χ2v) is 7.13. The summed E-state index contributed by atoms with van der Waals surface area (Å²) in [7, 11) is 3.23. The van der Waals surface area contributed by atoms with Crippen LogP contribution >= 0.6 is 22.9 Å². The average Bonchev–Trinajstić information content (AvgIpc) is 3.38. The molecule has 2 aromatic carbocycles. The van der Waals surface area contributed by atoms with E-state index in [1.807, 2.05) is 35.7 Å². The molecule has 28 heavy (non-hydrogen) atoms. The Morgan fingerprint density at radius 2 is 1.89 bits per heavy atom. The monoisotopic (exact) mass is 413 g/mol. The smallest absolute Gasteiger partial charge is 0.204 e. The molecule has 0 saturated carbocycles. The van der Waals surface area contributed by atoms with Crippen molar-refractivity contribution in [1.29, 1.82) is 0 Å². The van der Waals surface area contributed by atoms with Gasteiger partial charge in [-0.1, -0.05) is 17.7 Å². The standard InChI is InChI=1S/C19H16ClN5O2S/c1-26-16-5-3-4-15(17(16)27-2)19-21-14(11-28-19)10-25-23-18(22-24-25)12-6-8-13(20)9-7-12/h3-9,11H,10H2,1-2H3. The Morgan fingerprint density at radius 1 is 1.07 bits per heavy atom. The lowest BCUT2D eigenvalue weighted by molar-refractivity contribution is 0.356. The molecule has 4 aromatic rings. The molecule has 7 nitrogen and oxygen atoms in total. The van der Waals surface area contributed by atoms with Crippen LogP contribution in [0.3, 0.4) is 0 Å². The van der Waals surface area contributed by atoms with Crippen LogP contribution in [0.25, 0.3) is 22.0 Å². The highest BCUT2D eigenvalue weighted by Crippen LogP contribution is 2.39. The van der Waals surface area contributed by atoms with Crippen molar-refractivity contribution in [2.24, 2.45) is 0 Å². The summed E-state index contributed by atoms with van der Waals surface area (Å²) >= 11 is 7.44. The molecule has 0 aliphatic carbocycles. The fourth-order valence-corrected chi connectivity index (χ4v) is 3.69. The second-order valence-electron chi connectivity index (χ2n) is 5.84. The molecule has 0 unspecified atom stereocenters. The zero-order chi connectivity index (χ0) is 19.5. The summed E-state index contributed by atoms with van der Waals surface area (Å²) in [6.07, 6.45) is 0. The van der Waals surface area contributed by atoms with E-state index >= 15 is 0 Å². The van der Waals surface area contributed by atoms with E-state index in [-0.39, 0.29) is 0 Å². The minimum absolute atomic E-state index is 0.420. The molecule has 0 bridgehead atoms. The molecule has 0 atom stereocenters. The second kappa shape index (κ2) is 7.95. The molecular formula is C19H16ClN5O2S. The molecule has 0 spiro atoms. The summed E-state index contributed by atoms with van der Waals surface area (Å²) in [6.45, 7) is 0.420. The Balaban J connectivity index is 1.56.